The number of ether oxygens (including phenoxy) is 1. The van der Waals surface area contributed by atoms with Crippen LogP contribution in [0.5, 0.6) is 5.75 Å². The van der Waals surface area contributed by atoms with Crippen molar-refractivity contribution in [3.8, 4) is 5.75 Å². The molecule has 2 aromatic carbocycles. The van der Waals surface area contributed by atoms with E-state index in [0.717, 1.165) is 39.8 Å². The van der Waals surface area contributed by atoms with E-state index in [9.17, 15) is 0 Å². The number of furan rings is 1. The highest BCUT2D eigenvalue weighted by molar-refractivity contribution is 6.30. The number of hydrazone groups is 1. The predicted molar refractivity (Wildman–Crippen MR) is 95.7 cm³/mol. The smallest absolute Gasteiger partial charge is 0.246 e. The number of para-hydroxylation sites is 1. The predicted octanol–water partition coefficient (Wildman–Crippen LogP) is 5.18. The van der Waals surface area contributed by atoms with Gasteiger partial charge in [0.1, 0.15) is 5.75 Å². The number of nitrogens with zero attached hydrogens (tertiary/aromatic N) is 2. The molecule has 4 nitrogen and oxygen atoms in total. The summed E-state index contributed by atoms with van der Waals surface area (Å²) in [7, 11) is 0. The van der Waals surface area contributed by atoms with Crippen LogP contribution in [0.2, 0.25) is 5.02 Å². The summed E-state index contributed by atoms with van der Waals surface area (Å²) in [4.78, 5) is 0. The van der Waals surface area contributed by atoms with Crippen LogP contribution >= 0.6 is 11.6 Å². The van der Waals surface area contributed by atoms with Crippen LogP contribution in [0.4, 0.5) is 0 Å². The van der Waals surface area contributed by atoms with Gasteiger partial charge < -0.3 is 9.15 Å². The summed E-state index contributed by atoms with van der Waals surface area (Å²) in [6, 6.07) is 19.9. The average molecular weight is 351 g/mol. The molecule has 0 bridgehead atoms. The highest BCUT2D eigenvalue weighted by atomic mass is 35.5. The molecule has 5 heteroatoms. The van der Waals surface area contributed by atoms with Crippen molar-refractivity contribution >= 4 is 17.3 Å². The van der Waals surface area contributed by atoms with Crippen molar-refractivity contribution in [1.29, 1.82) is 0 Å². The van der Waals surface area contributed by atoms with E-state index in [1.165, 1.54) is 0 Å². The molecule has 0 N–H and O–H groups in total. The lowest BCUT2D eigenvalue weighted by atomic mass is 9.96. The molecule has 2 unspecified atom stereocenters. The maximum Gasteiger partial charge on any atom is 0.246 e. The van der Waals surface area contributed by atoms with Gasteiger partial charge in [-0.1, -0.05) is 41.9 Å². The van der Waals surface area contributed by atoms with Crippen LogP contribution in [0.25, 0.3) is 0 Å². The summed E-state index contributed by atoms with van der Waals surface area (Å²) in [5, 5.41) is 7.60. The first-order valence-electron chi connectivity index (χ1n) is 8.20. The summed E-state index contributed by atoms with van der Waals surface area (Å²) in [6.45, 7) is 0. The lowest BCUT2D eigenvalue weighted by Gasteiger charge is -2.36. The van der Waals surface area contributed by atoms with Crippen LogP contribution in [0.1, 0.15) is 35.6 Å². The normalized spacial score (nSPS) is 21.3. The molecule has 0 saturated heterocycles. The van der Waals surface area contributed by atoms with Crippen molar-refractivity contribution in [3.05, 3.63) is 88.8 Å². The largest absolute Gasteiger partial charge is 0.463 e. The molecule has 0 fully saturated rings. The first-order valence-corrected chi connectivity index (χ1v) is 8.58. The number of benzene rings is 2. The van der Waals surface area contributed by atoms with Crippen LogP contribution in [-0.4, -0.2) is 10.7 Å². The van der Waals surface area contributed by atoms with Gasteiger partial charge in [-0.2, -0.15) is 5.10 Å². The molecule has 3 aromatic rings. The quantitative estimate of drug-likeness (QED) is 0.639. The minimum Gasteiger partial charge on any atom is -0.463 e. The molecule has 2 aliphatic heterocycles. The number of hydrogen-bond acceptors (Lipinski definition) is 4. The Morgan fingerprint density at radius 2 is 1.84 bits per heavy atom. The Hall–Kier alpha value is -2.72. The monoisotopic (exact) mass is 350 g/mol. The maximum atomic E-state index is 6.20. The zero-order valence-corrected chi connectivity index (χ0v) is 14.1. The highest BCUT2D eigenvalue weighted by Gasteiger charge is 2.41. The average Bonchev–Trinajstić information content (AvgIpc) is 3.32. The second-order valence-corrected chi connectivity index (χ2v) is 6.61. The van der Waals surface area contributed by atoms with Gasteiger partial charge in [-0.05, 0) is 35.9 Å². The first kappa shape index (κ1) is 14.6. The molecule has 0 saturated carbocycles. The molecule has 25 heavy (non-hydrogen) atoms. The summed E-state index contributed by atoms with van der Waals surface area (Å²) in [5.74, 6) is 1.64. The van der Waals surface area contributed by atoms with E-state index < -0.39 is 0 Å². The fraction of sp³-hybridized carbons (Fsp3) is 0.150. The fourth-order valence-electron chi connectivity index (χ4n) is 3.47. The SMILES string of the molecule is Clc1ccc(C2=NN3C(C2)c2ccccc2OC3c2ccco2)cc1. The van der Waals surface area contributed by atoms with Gasteiger partial charge in [0.25, 0.3) is 0 Å². The fourth-order valence-corrected chi connectivity index (χ4v) is 3.60. The number of rotatable bonds is 2. The Balaban J connectivity index is 1.59. The van der Waals surface area contributed by atoms with Crippen molar-refractivity contribution < 1.29 is 9.15 Å². The molecule has 3 heterocycles. The zero-order valence-electron chi connectivity index (χ0n) is 13.3. The van der Waals surface area contributed by atoms with Crippen molar-refractivity contribution in [2.24, 2.45) is 5.10 Å². The van der Waals surface area contributed by atoms with Crippen molar-refractivity contribution in [3.63, 3.8) is 0 Å². The second-order valence-electron chi connectivity index (χ2n) is 6.18. The van der Waals surface area contributed by atoms with Crippen LogP contribution < -0.4 is 4.74 Å². The molecule has 1 aromatic heterocycles. The number of fused-ring (bicyclic) bond motifs is 3. The van der Waals surface area contributed by atoms with E-state index in [2.05, 4.69) is 6.07 Å². The van der Waals surface area contributed by atoms with Gasteiger partial charge in [0, 0.05) is 17.0 Å². The first-order chi connectivity index (χ1) is 12.3. The molecule has 0 aliphatic carbocycles. The van der Waals surface area contributed by atoms with E-state index in [0.29, 0.717) is 0 Å². The summed E-state index contributed by atoms with van der Waals surface area (Å²) in [5.41, 5.74) is 3.26. The molecule has 0 radical (unpaired) electrons. The van der Waals surface area contributed by atoms with Gasteiger partial charge in [0.05, 0.1) is 18.0 Å². The van der Waals surface area contributed by atoms with Gasteiger partial charge in [-0.25, -0.2) is 5.01 Å². The molecule has 124 valence electrons. The lowest BCUT2D eigenvalue weighted by molar-refractivity contribution is -0.0325. The maximum absolute atomic E-state index is 6.20. The molecule has 0 spiro atoms. The Morgan fingerprint density at radius 1 is 1.00 bits per heavy atom. The van der Waals surface area contributed by atoms with Gasteiger partial charge in [-0.3, -0.25) is 0 Å². The van der Waals surface area contributed by atoms with Crippen LogP contribution in [0, 0.1) is 0 Å². The van der Waals surface area contributed by atoms with Gasteiger partial charge in [0.15, 0.2) is 5.76 Å². The van der Waals surface area contributed by atoms with Gasteiger partial charge in [0.2, 0.25) is 6.23 Å². The van der Waals surface area contributed by atoms with Gasteiger partial charge >= 0.3 is 0 Å². The molecular weight excluding hydrogens is 336 g/mol. The Bertz CT molecular complexity index is 935. The van der Waals surface area contributed by atoms with Crippen molar-refractivity contribution in [2.45, 2.75) is 18.7 Å². The molecular formula is C20H15ClN2O2. The molecule has 0 amide bonds. The third-order valence-electron chi connectivity index (χ3n) is 4.66. The standard InChI is InChI=1S/C20H15ClN2O2/c21-14-9-7-13(8-10-14)16-12-17-15-4-1-2-5-18(15)25-20(23(17)22-16)19-6-3-11-24-19/h1-11,17,20H,12H2. The zero-order chi connectivity index (χ0) is 16.8. The topological polar surface area (TPSA) is 38.0 Å². The summed E-state index contributed by atoms with van der Waals surface area (Å²) < 4.78 is 11.8. The number of halogens is 1. The van der Waals surface area contributed by atoms with Crippen LogP contribution in [0.15, 0.2) is 76.4 Å². The van der Waals surface area contributed by atoms with Crippen LogP contribution in [-0.2, 0) is 0 Å². The van der Waals surface area contributed by atoms with E-state index in [-0.39, 0.29) is 12.3 Å². The Morgan fingerprint density at radius 3 is 2.64 bits per heavy atom. The number of hydrogen-bond donors (Lipinski definition) is 0. The minimum atomic E-state index is -0.361. The lowest BCUT2D eigenvalue weighted by Crippen LogP contribution is -2.33. The van der Waals surface area contributed by atoms with E-state index in [1.54, 1.807) is 6.26 Å². The van der Waals surface area contributed by atoms with Crippen molar-refractivity contribution in [2.75, 3.05) is 0 Å². The summed E-state index contributed by atoms with van der Waals surface area (Å²) >= 11 is 6.02. The Kier molecular flexibility index (Phi) is 3.31. The van der Waals surface area contributed by atoms with E-state index in [1.807, 2.05) is 59.6 Å². The minimum absolute atomic E-state index is 0.130. The highest BCUT2D eigenvalue weighted by Crippen LogP contribution is 2.47. The van der Waals surface area contributed by atoms with E-state index in [4.69, 9.17) is 25.9 Å². The third-order valence-corrected chi connectivity index (χ3v) is 4.92. The molecule has 2 atom stereocenters. The molecule has 5 rings (SSSR count). The van der Waals surface area contributed by atoms with Crippen LogP contribution in [0.3, 0.4) is 0 Å². The molecule has 2 aliphatic rings. The Labute approximate surface area is 150 Å². The van der Waals surface area contributed by atoms with Gasteiger partial charge in [-0.15, -0.1) is 0 Å². The van der Waals surface area contributed by atoms with Crippen molar-refractivity contribution in [1.82, 2.24) is 5.01 Å². The third kappa shape index (κ3) is 2.41. The summed E-state index contributed by atoms with van der Waals surface area (Å²) in [6.07, 6.45) is 2.12. The second kappa shape index (κ2) is 5.67. The van der Waals surface area contributed by atoms with E-state index >= 15 is 0 Å².